The smallest absolute Gasteiger partial charge is 0.268 e. The van der Waals surface area contributed by atoms with Crippen LogP contribution in [-0.2, 0) is 20.8 Å². The maximum Gasteiger partial charge on any atom is 0.268 e. The number of benzene rings is 2. The first-order valence-corrected chi connectivity index (χ1v) is 8.15. The Labute approximate surface area is 155 Å². The lowest BCUT2D eigenvalue weighted by atomic mass is 10.1. The first kappa shape index (κ1) is 19.8. The minimum absolute atomic E-state index is 0.0266. The van der Waals surface area contributed by atoms with E-state index in [1.807, 2.05) is 0 Å². The van der Waals surface area contributed by atoms with E-state index in [1.165, 1.54) is 37.3 Å². The number of hydrogen-bond donors (Lipinski definition) is 2. The summed E-state index contributed by atoms with van der Waals surface area (Å²) < 4.78 is 13.0. The van der Waals surface area contributed by atoms with Crippen molar-refractivity contribution in [2.75, 3.05) is 0 Å². The summed E-state index contributed by atoms with van der Waals surface area (Å²) in [4.78, 5) is 35.3. The van der Waals surface area contributed by atoms with Crippen molar-refractivity contribution in [1.29, 1.82) is 0 Å². The average Bonchev–Trinajstić information content (AvgIpc) is 2.62. The van der Waals surface area contributed by atoms with Gasteiger partial charge in [-0.15, -0.1) is 0 Å². The van der Waals surface area contributed by atoms with Crippen molar-refractivity contribution >= 4 is 23.9 Å². The van der Waals surface area contributed by atoms with Gasteiger partial charge in [-0.1, -0.05) is 42.5 Å². The quantitative estimate of drug-likeness (QED) is 0.705. The lowest BCUT2D eigenvalue weighted by Gasteiger charge is -2.21. The van der Waals surface area contributed by atoms with Crippen molar-refractivity contribution in [3.63, 3.8) is 0 Å². The largest absolute Gasteiger partial charge is 0.548 e. The van der Waals surface area contributed by atoms with E-state index in [4.69, 9.17) is 0 Å². The fourth-order valence-electron chi connectivity index (χ4n) is 2.35. The average molecular weight is 369 g/mol. The molecule has 2 rings (SSSR count). The summed E-state index contributed by atoms with van der Waals surface area (Å²) in [5, 5.41) is 16.1. The van der Waals surface area contributed by atoms with E-state index in [0.29, 0.717) is 11.1 Å². The van der Waals surface area contributed by atoms with Gasteiger partial charge in [0.2, 0.25) is 5.91 Å². The molecule has 2 aromatic rings. The molecule has 6 nitrogen and oxygen atoms in total. The molecule has 0 radical (unpaired) electrons. The number of hydrogen-bond acceptors (Lipinski definition) is 4. The number of amides is 2. The van der Waals surface area contributed by atoms with E-state index in [0.717, 1.165) is 0 Å². The lowest BCUT2D eigenvalue weighted by molar-refractivity contribution is -0.308. The molecule has 2 amide bonds. The first-order chi connectivity index (χ1) is 12.8. The van der Waals surface area contributed by atoms with E-state index < -0.39 is 29.6 Å². The first-order valence-electron chi connectivity index (χ1n) is 8.15. The number of carboxylic acids is 1. The molecule has 27 heavy (non-hydrogen) atoms. The molecule has 0 aromatic heterocycles. The molecule has 1 atom stereocenters. The Morgan fingerprint density at radius 2 is 1.70 bits per heavy atom. The molecule has 0 aliphatic heterocycles. The summed E-state index contributed by atoms with van der Waals surface area (Å²) in [5.41, 5.74) is 1.01. The van der Waals surface area contributed by atoms with E-state index >= 15 is 0 Å². The van der Waals surface area contributed by atoms with Gasteiger partial charge in [0.15, 0.2) is 0 Å². The number of nitrogens with one attached hydrogen (secondary N) is 2. The molecule has 0 aliphatic rings. The fraction of sp³-hybridized carbons (Fsp3) is 0.150. The van der Waals surface area contributed by atoms with Gasteiger partial charge >= 0.3 is 0 Å². The van der Waals surface area contributed by atoms with E-state index in [2.05, 4.69) is 10.6 Å². The molecule has 0 spiro atoms. The van der Waals surface area contributed by atoms with Gasteiger partial charge in [0.05, 0.1) is 12.0 Å². The summed E-state index contributed by atoms with van der Waals surface area (Å²) in [6.07, 6.45) is 1.35. The van der Waals surface area contributed by atoms with Gasteiger partial charge in [0.1, 0.15) is 11.5 Å². The van der Waals surface area contributed by atoms with Crippen molar-refractivity contribution < 1.29 is 23.9 Å². The molecule has 2 aromatic carbocycles. The molecule has 0 aliphatic carbocycles. The SMILES string of the molecule is CC(=O)N/C(=C\c1ccc(F)cc1)C(=O)N[C@@H](Cc1ccccc1)C(=O)[O-]. The Kier molecular flexibility index (Phi) is 6.82. The highest BCUT2D eigenvalue weighted by molar-refractivity contribution is 6.02. The Balaban J connectivity index is 2.21. The Bertz CT molecular complexity index is 848. The fourth-order valence-corrected chi connectivity index (χ4v) is 2.35. The molecule has 7 heteroatoms. The number of halogens is 1. The summed E-state index contributed by atoms with van der Waals surface area (Å²) >= 11 is 0. The molecule has 0 saturated heterocycles. The minimum Gasteiger partial charge on any atom is -0.548 e. The summed E-state index contributed by atoms with van der Waals surface area (Å²) in [6, 6.07) is 12.7. The number of carbonyl (C=O) groups is 3. The standard InChI is InChI=1S/C20H19FN2O4/c1-13(24)22-17(11-15-7-9-16(21)10-8-15)19(25)23-18(20(26)27)12-14-5-3-2-4-6-14/h2-11,18H,12H2,1H3,(H,22,24)(H,23,25)(H,26,27)/p-1/b17-11-/t18-/m0/s1. The number of carboxylic acid groups (broad SMARTS) is 1. The zero-order chi connectivity index (χ0) is 19.8. The van der Waals surface area contributed by atoms with Crippen LogP contribution in [0.3, 0.4) is 0 Å². The highest BCUT2D eigenvalue weighted by Gasteiger charge is 2.18. The molecular formula is C20H18FN2O4-. The second-order valence-corrected chi connectivity index (χ2v) is 5.83. The van der Waals surface area contributed by atoms with E-state index in [1.54, 1.807) is 30.3 Å². The second-order valence-electron chi connectivity index (χ2n) is 5.83. The van der Waals surface area contributed by atoms with Gasteiger partial charge < -0.3 is 20.5 Å². The topological polar surface area (TPSA) is 98.3 Å². The number of rotatable bonds is 7. The van der Waals surface area contributed by atoms with Crippen LogP contribution in [0.25, 0.3) is 6.08 Å². The highest BCUT2D eigenvalue weighted by atomic mass is 19.1. The van der Waals surface area contributed by atoms with Crippen LogP contribution in [0.15, 0.2) is 60.3 Å². The maximum atomic E-state index is 13.0. The van der Waals surface area contributed by atoms with Gasteiger partial charge in [-0.25, -0.2) is 4.39 Å². The molecular weight excluding hydrogens is 351 g/mol. The Morgan fingerprint density at radius 1 is 1.07 bits per heavy atom. The van der Waals surface area contributed by atoms with Gasteiger partial charge in [0, 0.05) is 6.92 Å². The molecule has 0 bridgehead atoms. The predicted molar refractivity (Wildman–Crippen MR) is 95.3 cm³/mol. The van der Waals surface area contributed by atoms with Crippen LogP contribution < -0.4 is 15.7 Å². The molecule has 0 fully saturated rings. The van der Waals surface area contributed by atoms with Crippen LogP contribution in [0, 0.1) is 5.82 Å². The third-order valence-corrected chi connectivity index (χ3v) is 3.61. The van der Waals surface area contributed by atoms with Crippen molar-refractivity contribution in [2.45, 2.75) is 19.4 Å². The number of aliphatic carboxylic acids is 1. The molecule has 0 saturated carbocycles. The molecule has 140 valence electrons. The summed E-state index contributed by atoms with van der Waals surface area (Å²) in [7, 11) is 0. The van der Waals surface area contributed by atoms with Crippen molar-refractivity contribution in [1.82, 2.24) is 10.6 Å². The van der Waals surface area contributed by atoms with Crippen LogP contribution in [0.4, 0.5) is 4.39 Å². The molecule has 0 unspecified atom stereocenters. The van der Waals surface area contributed by atoms with Crippen LogP contribution in [-0.4, -0.2) is 23.8 Å². The molecule has 2 N–H and O–H groups in total. The van der Waals surface area contributed by atoms with Gasteiger partial charge in [-0.3, -0.25) is 9.59 Å². The third-order valence-electron chi connectivity index (χ3n) is 3.61. The highest BCUT2D eigenvalue weighted by Crippen LogP contribution is 2.09. The Morgan fingerprint density at radius 3 is 2.26 bits per heavy atom. The molecule has 0 heterocycles. The van der Waals surface area contributed by atoms with Crippen molar-refractivity contribution in [3.05, 3.63) is 77.2 Å². The van der Waals surface area contributed by atoms with Crippen LogP contribution in [0.5, 0.6) is 0 Å². The lowest BCUT2D eigenvalue weighted by Crippen LogP contribution is -2.50. The predicted octanol–water partition coefficient (Wildman–Crippen LogP) is 0.780. The second kappa shape index (κ2) is 9.28. The zero-order valence-corrected chi connectivity index (χ0v) is 14.6. The summed E-state index contributed by atoms with van der Waals surface area (Å²) in [5.74, 6) is -3.19. The summed E-state index contributed by atoms with van der Waals surface area (Å²) in [6.45, 7) is 1.21. The van der Waals surface area contributed by atoms with E-state index in [-0.39, 0.29) is 12.1 Å². The number of carbonyl (C=O) groups excluding carboxylic acids is 3. The van der Waals surface area contributed by atoms with E-state index in [9.17, 15) is 23.9 Å². The van der Waals surface area contributed by atoms with Crippen LogP contribution in [0.2, 0.25) is 0 Å². The monoisotopic (exact) mass is 369 g/mol. The van der Waals surface area contributed by atoms with Gasteiger partial charge in [0.25, 0.3) is 5.91 Å². The maximum absolute atomic E-state index is 13.0. The van der Waals surface area contributed by atoms with Gasteiger partial charge in [-0.05, 0) is 35.8 Å². The minimum atomic E-state index is -1.45. The van der Waals surface area contributed by atoms with Crippen LogP contribution in [0.1, 0.15) is 18.1 Å². The normalized spacial score (nSPS) is 12.1. The van der Waals surface area contributed by atoms with Crippen LogP contribution >= 0.6 is 0 Å². The van der Waals surface area contributed by atoms with Gasteiger partial charge in [-0.2, -0.15) is 0 Å². The zero-order valence-electron chi connectivity index (χ0n) is 14.6. The Hall–Kier alpha value is -3.48. The third kappa shape index (κ3) is 6.39. The van der Waals surface area contributed by atoms with Crippen molar-refractivity contribution in [2.24, 2.45) is 0 Å². The van der Waals surface area contributed by atoms with Crippen molar-refractivity contribution in [3.8, 4) is 0 Å².